The first-order chi connectivity index (χ1) is 25.7. The summed E-state index contributed by atoms with van der Waals surface area (Å²) in [4.78, 5) is 20.6. The van der Waals surface area contributed by atoms with Crippen LogP contribution >= 0.6 is 11.6 Å². The van der Waals surface area contributed by atoms with Gasteiger partial charge in [0.2, 0.25) is 17.6 Å². The van der Waals surface area contributed by atoms with Crippen LogP contribution < -0.4 is 24.8 Å². The highest BCUT2D eigenvalue weighted by atomic mass is 35.5. The van der Waals surface area contributed by atoms with Crippen LogP contribution in [0.5, 0.6) is 17.6 Å². The molecule has 0 saturated heterocycles. The molecular weight excluding hydrogens is 725 g/mol. The molecule has 4 aromatic rings. The molecule has 2 heterocycles. The zero-order chi connectivity index (χ0) is 38.4. The highest BCUT2D eigenvalue weighted by molar-refractivity contribution is 6.36. The van der Waals surface area contributed by atoms with Gasteiger partial charge in [-0.3, -0.25) is 10.1 Å². The van der Waals surface area contributed by atoms with E-state index in [0.29, 0.717) is 60.3 Å². The molecule has 7 rings (SSSR count). The number of aromatic nitrogens is 2. The van der Waals surface area contributed by atoms with Gasteiger partial charge in [0.05, 0.1) is 30.5 Å². The molecule has 2 aromatic heterocycles. The molecule has 0 amide bonds. The van der Waals surface area contributed by atoms with Gasteiger partial charge in [-0.05, 0) is 86.7 Å². The third-order valence-corrected chi connectivity index (χ3v) is 11.1. The van der Waals surface area contributed by atoms with E-state index in [2.05, 4.69) is 15.6 Å². The molecular formula is C40H42ClF3N4O6. The SMILES string of the molecule is COc1nc(-c2cccc(-c3cccc4c3CC[C@@H]4Oc3nc(OC)c(CNC4(C(=O)O)CC4)cc3C(F)(F)F)c2Cl)ccc1CNC[C@H]1C[C@](C)(O)C1. The van der Waals surface area contributed by atoms with Gasteiger partial charge >= 0.3 is 12.1 Å². The highest BCUT2D eigenvalue weighted by Crippen LogP contribution is 2.46. The van der Waals surface area contributed by atoms with Gasteiger partial charge in [0, 0.05) is 35.3 Å². The summed E-state index contributed by atoms with van der Waals surface area (Å²) in [5.74, 6) is -0.839. The van der Waals surface area contributed by atoms with Gasteiger partial charge in [-0.15, -0.1) is 0 Å². The number of carbonyl (C=O) groups is 1. The summed E-state index contributed by atoms with van der Waals surface area (Å²) in [6.45, 7) is 3.03. The van der Waals surface area contributed by atoms with E-state index in [0.717, 1.165) is 53.3 Å². The number of carboxylic acid groups (broad SMARTS) is 1. The molecule has 3 aliphatic carbocycles. The summed E-state index contributed by atoms with van der Waals surface area (Å²) in [5, 5.41) is 26.3. The van der Waals surface area contributed by atoms with Crippen molar-refractivity contribution in [3.63, 3.8) is 0 Å². The fraction of sp³-hybridized carbons (Fsp3) is 0.425. The molecule has 3 aliphatic rings. The summed E-state index contributed by atoms with van der Waals surface area (Å²) in [6.07, 6.45) is -2.27. The van der Waals surface area contributed by atoms with E-state index in [9.17, 15) is 28.2 Å². The molecule has 54 heavy (non-hydrogen) atoms. The van der Waals surface area contributed by atoms with Crippen LogP contribution in [0.2, 0.25) is 5.02 Å². The Morgan fingerprint density at radius 1 is 0.944 bits per heavy atom. The van der Waals surface area contributed by atoms with Crippen molar-refractivity contribution < 1.29 is 42.4 Å². The van der Waals surface area contributed by atoms with E-state index >= 15 is 0 Å². The number of hydrogen-bond acceptors (Lipinski definition) is 9. The number of methoxy groups -OCH3 is 2. The lowest BCUT2D eigenvalue weighted by Crippen LogP contribution is -2.44. The molecule has 4 N–H and O–H groups in total. The number of benzene rings is 2. The maximum absolute atomic E-state index is 14.4. The van der Waals surface area contributed by atoms with Crippen LogP contribution in [-0.4, -0.2) is 58.1 Å². The van der Waals surface area contributed by atoms with E-state index in [1.54, 1.807) is 7.11 Å². The second kappa shape index (κ2) is 14.7. The van der Waals surface area contributed by atoms with Crippen LogP contribution in [0, 0.1) is 5.92 Å². The molecule has 0 radical (unpaired) electrons. The third-order valence-electron chi connectivity index (χ3n) is 10.7. The first-order valence-corrected chi connectivity index (χ1v) is 18.3. The molecule has 286 valence electrons. The van der Waals surface area contributed by atoms with Gasteiger partial charge in [-0.2, -0.15) is 18.2 Å². The number of halogens is 4. The van der Waals surface area contributed by atoms with E-state index in [4.69, 9.17) is 30.8 Å². The number of nitrogens with zero attached hydrogens (tertiary/aromatic N) is 2. The molecule has 2 aromatic carbocycles. The second-order valence-electron chi connectivity index (χ2n) is 14.7. The number of pyridine rings is 2. The predicted molar refractivity (Wildman–Crippen MR) is 196 cm³/mol. The van der Waals surface area contributed by atoms with Gasteiger partial charge in [0.1, 0.15) is 17.2 Å². The Kier molecular flexibility index (Phi) is 10.3. The molecule has 2 fully saturated rings. The first kappa shape index (κ1) is 37.9. The van der Waals surface area contributed by atoms with Crippen molar-refractivity contribution in [2.24, 2.45) is 5.92 Å². The Hall–Kier alpha value is -4.43. The van der Waals surface area contributed by atoms with Crippen molar-refractivity contribution in [1.82, 2.24) is 20.6 Å². The molecule has 1 atom stereocenters. The van der Waals surface area contributed by atoms with Crippen LogP contribution in [0.15, 0.2) is 54.6 Å². The van der Waals surface area contributed by atoms with E-state index in [1.165, 1.54) is 7.11 Å². The van der Waals surface area contributed by atoms with Crippen LogP contribution in [0.3, 0.4) is 0 Å². The molecule has 0 bridgehead atoms. The molecule has 0 aliphatic heterocycles. The minimum absolute atomic E-state index is 0.0757. The molecule has 2 saturated carbocycles. The van der Waals surface area contributed by atoms with Crippen molar-refractivity contribution >= 4 is 17.6 Å². The van der Waals surface area contributed by atoms with Crippen molar-refractivity contribution in [2.75, 3.05) is 20.8 Å². The van der Waals surface area contributed by atoms with Gasteiger partial charge in [-0.25, -0.2) is 4.98 Å². The van der Waals surface area contributed by atoms with Crippen LogP contribution in [0.25, 0.3) is 22.4 Å². The topological polar surface area (TPSA) is 135 Å². The largest absolute Gasteiger partial charge is 0.481 e. The average molecular weight is 767 g/mol. The summed E-state index contributed by atoms with van der Waals surface area (Å²) >= 11 is 7.11. The molecule has 10 nitrogen and oxygen atoms in total. The van der Waals surface area contributed by atoms with E-state index in [1.807, 2.05) is 55.5 Å². The van der Waals surface area contributed by atoms with E-state index < -0.39 is 40.8 Å². The highest BCUT2D eigenvalue weighted by Gasteiger charge is 2.50. The lowest BCUT2D eigenvalue weighted by molar-refractivity contribution is -0.141. The average Bonchev–Trinajstić information content (AvgIpc) is 3.82. The van der Waals surface area contributed by atoms with Crippen molar-refractivity contribution in [3.05, 3.63) is 87.4 Å². The predicted octanol–water partition coefficient (Wildman–Crippen LogP) is 7.52. The smallest absolute Gasteiger partial charge is 0.421 e. The lowest BCUT2D eigenvalue weighted by Gasteiger charge is -2.41. The quantitative estimate of drug-likeness (QED) is 0.102. The zero-order valence-electron chi connectivity index (χ0n) is 30.1. The Morgan fingerprint density at radius 3 is 2.30 bits per heavy atom. The number of carboxylic acids is 1. The Labute approximate surface area is 316 Å². The maximum Gasteiger partial charge on any atom is 0.421 e. The number of rotatable bonds is 14. The lowest BCUT2D eigenvalue weighted by atomic mass is 9.72. The van der Waals surface area contributed by atoms with Crippen molar-refractivity contribution in [2.45, 2.75) is 82.0 Å². The van der Waals surface area contributed by atoms with Gasteiger partial charge < -0.3 is 29.7 Å². The van der Waals surface area contributed by atoms with Crippen LogP contribution in [-0.2, 0) is 30.5 Å². The summed E-state index contributed by atoms with van der Waals surface area (Å²) in [6, 6.07) is 16.0. The van der Waals surface area contributed by atoms with Gasteiger partial charge in [0.25, 0.3) is 0 Å². The fourth-order valence-electron chi connectivity index (χ4n) is 7.71. The number of fused-ring (bicyclic) bond motifs is 1. The van der Waals surface area contributed by atoms with Crippen LogP contribution in [0.1, 0.15) is 72.9 Å². The van der Waals surface area contributed by atoms with Crippen molar-refractivity contribution in [1.29, 1.82) is 0 Å². The third kappa shape index (κ3) is 7.59. The van der Waals surface area contributed by atoms with Gasteiger partial charge in [0.15, 0.2) is 0 Å². The Morgan fingerprint density at radius 2 is 1.63 bits per heavy atom. The fourth-order valence-corrected chi connectivity index (χ4v) is 8.03. The summed E-state index contributed by atoms with van der Waals surface area (Å²) in [7, 11) is 2.87. The number of hydrogen-bond donors (Lipinski definition) is 4. The number of nitrogens with one attached hydrogen (secondary N) is 2. The summed E-state index contributed by atoms with van der Waals surface area (Å²) in [5.41, 5.74) is 2.72. The Bertz CT molecular complexity index is 2060. The zero-order valence-corrected chi connectivity index (χ0v) is 30.9. The number of alkyl halides is 3. The molecule has 0 spiro atoms. The van der Waals surface area contributed by atoms with Gasteiger partial charge in [-0.1, -0.05) is 54.1 Å². The number of aliphatic carboxylic acids is 1. The molecule has 14 heteroatoms. The minimum Gasteiger partial charge on any atom is -0.481 e. The monoisotopic (exact) mass is 766 g/mol. The normalized spacial score (nSPS) is 21.3. The second-order valence-corrected chi connectivity index (χ2v) is 15.1. The van der Waals surface area contributed by atoms with E-state index in [-0.39, 0.29) is 18.0 Å². The molecule has 0 unspecified atom stereocenters. The first-order valence-electron chi connectivity index (χ1n) is 17.9. The Balaban J connectivity index is 1.12. The van der Waals surface area contributed by atoms with Crippen molar-refractivity contribution in [3.8, 4) is 40.0 Å². The summed E-state index contributed by atoms with van der Waals surface area (Å²) < 4.78 is 60.4. The number of ether oxygens (including phenoxy) is 3. The maximum atomic E-state index is 14.4. The minimum atomic E-state index is -4.80. The van der Waals surface area contributed by atoms with Crippen LogP contribution in [0.4, 0.5) is 13.2 Å². The standard InChI is InChI=1S/C40H42ClF3N4O6/c1-38(51)17-22(18-38)19-45-20-23-10-12-31(47-34(23)52-2)29-9-5-8-28(33(29)41)25-6-4-7-27-26(25)11-13-32(27)54-36-30(40(42,43)44)16-24(35(48-36)53-3)21-46-39(14-15-39)37(49)50/h4-10,12,16,22,32,45-46,51H,11,13-15,17-21H2,1-3H3,(H,49,50)/t22-,32-,38-/m0/s1. The number of aliphatic hydroxyl groups is 1.